The number of ether oxygens (including phenoxy) is 1. The molecule has 0 fully saturated rings. The van der Waals surface area contributed by atoms with E-state index in [9.17, 15) is 0 Å². The van der Waals surface area contributed by atoms with Gasteiger partial charge in [0.1, 0.15) is 12.4 Å². The molecule has 2 N–H and O–H groups in total. The molecule has 4 heteroatoms. The summed E-state index contributed by atoms with van der Waals surface area (Å²) in [6.07, 6.45) is 3.62. The molecular formula is C13H13BrN2O. The van der Waals surface area contributed by atoms with Crippen LogP contribution in [-0.4, -0.2) is 4.98 Å². The van der Waals surface area contributed by atoms with Crippen LogP contribution in [0.1, 0.15) is 11.1 Å². The summed E-state index contributed by atoms with van der Waals surface area (Å²) in [7, 11) is 0. The van der Waals surface area contributed by atoms with Crippen molar-refractivity contribution < 1.29 is 4.74 Å². The number of nitrogens with two attached hydrogens (primary N) is 1. The highest BCUT2D eigenvalue weighted by Crippen LogP contribution is 2.27. The molecule has 17 heavy (non-hydrogen) atoms. The predicted octanol–water partition coefficient (Wildman–Crippen LogP) is 3.31. The van der Waals surface area contributed by atoms with Gasteiger partial charge in [0.2, 0.25) is 0 Å². The molecular weight excluding hydrogens is 280 g/mol. The van der Waals surface area contributed by atoms with E-state index in [2.05, 4.69) is 20.9 Å². The number of aromatic nitrogens is 1. The van der Waals surface area contributed by atoms with Crippen LogP contribution in [0.4, 0.5) is 5.69 Å². The monoisotopic (exact) mass is 292 g/mol. The highest BCUT2D eigenvalue weighted by atomic mass is 79.9. The van der Waals surface area contributed by atoms with Gasteiger partial charge in [-0.1, -0.05) is 0 Å². The van der Waals surface area contributed by atoms with Crippen LogP contribution in [0, 0.1) is 6.92 Å². The molecule has 0 aliphatic rings. The van der Waals surface area contributed by atoms with E-state index >= 15 is 0 Å². The van der Waals surface area contributed by atoms with Gasteiger partial charge in [-0.25, -0.2) is 0 Å². The molecule has 0 aliphatic carbocycles. The van der Waals surface area contributed by atoms with Gasteiger partial charge in [0, 0.05) is 29.7 Å². The number of nitrogens with zero attached hydrogens (tertiary/aromatic N) is 1. The summed E-state index contributed by atoms with van der Waals surface area (Å²) < 4.78 is 6.59. The average Bonchev–Trinajstić information content (AvgIpc) is 2.30. The first kappa shape index (κ1) is 11.9. The maximum atomic E-state index is 5.71. The Morgan fingerprint density at radius 2 is 2.12 bits per heavy atom. The second kappa shape index (κ2) is 5.19. The fraction of sp³-hybridized carbons (Fsp3) is 0.154. The Labute approximate surface area is 109 Å². The quantitative estimate of drug-likeness (QED) is 0.883. The normalized spacial score (nSPS) is 10.2. The van der Waals surface area contributed by atoms with E-state index in [1.807, 2.05) is 31.3 Å². The van der Waals surface area contributed by atoms with E-state index in [1.165, 1.54) is 0 Å². The van der Waals surface area contributed by atoms with Gasteiger partial charge in [-0.2, -0.15) is 0 Å². The van der Waals surface area contributed by atoms with Crippen molar-refractivity contribution in [3.05, 3.63) is 52.3 Å². The minimum Gasteiger partial charge on any atom is -0.488 e. The van der Waals surface area contributed by atoms with Crippen LogP contribution in [0.2, 0.25) is 0 Å². The molecule has 3 nitrogen and oxygen atoms in total. The third-order valence-electron chi connectivity index (χ3n) is 2.28. The van der Waals surface area contributed by atoms with E-state index in [4.69, 9.17) is 10.5 Å². The summed E-state index contributed by atoms with van der Waals surface area (Å²) in [5.41, 5.74) is 8.56. The van der Waals surface area contributed by atoms with Gasteiger partial charge in [-0.15, -0.1) is 0 Å². The molecule has 0 saturated carbocycles. The SMILES string of the molecule is Cc1cncc(COc2cc(N)ccc2Br)c1. The number of rotatable bonds is 3. The van der Waals surface area contributed by atoms with E-state index in [-0.39, 0.29) is 0 Å². The molecule has 0 aliphatic heterocycles. The minimum atomic E-state index is 0.483. The van der Waals surface area contributed by atoms with E-state index in [1.54, 1.807) is 12.3 Å². The molecule has 0 unspecified atom stereocenters. The van der Waals surface area contributed by atoms with Crippen LogP contribution < -0.4 is 10.5 Å². The molecule has 2 rings (SSSR count). The second-order valence-corrected chi connectivity index (χ2v) is 4.70. The van der Waals surface area contributed by atoms with Crippen molar-refractivity contribution in [1.29, 1.82) is 0 Å². The summed E-state index contributed by atoms with van der Waals surface area (Å²) in [4.78, 5) is 4.12. The van der Waals surface area contributed by atoms with Crippen molar-refractivity contribution in [1.82, 2.24) is 4.98 Å². The van der Waals surface area contributed by atoms with Crippen molar-refractivity contribution in [2.45, 2.75) is 13.5 Å². The van der Waals surface area contributed by atoms with Crippen LogP contribution in [-0.2, 0) is 6.61 Å². The Kier molecular flexibility index (Phi) is 3.64. The molecule has 0 amide bonds. The molecule has 0 bridgehead atoms. The van der Waals surface area contributed by atoms with Gasteiger partial charge in [-0.05, 0) is 46.6 Å². The highest BCUT2D eigenvalue weighted by molar-refractivity contribution is 9.10. The van der Waals surface area contributed by atoms with Gasteiger partial charge >= 0.3 is 0 Å². The number of benzene rings is 1. The number of anilines is 1. The highest BCUT2D eigenvalue weighted by Gasteiger charge is 2.02. The molecule has 0 radical (unpaired) electrons. The van der Waals surface area contributed by atoms with Crippen LogP contribution in [0.15, 0.2) is 41.1 Å². The Hall–Kier alpha value is -1.55. The summed E-state index contributed by atoms with van der Waals surface area (Å²) in [6, 6.07) is 7.55. The largest absolute Gasteiger partial charge is 0.488 e. The lowest BCUT2D eigenvalue weighted by molar-refractivity contribution is 0.304. The van der Waals surface area contributed by atoms with Crippen LogP contribution in [0.3, 0.4) is 0 Å². The maximum Gasteiger partial charge on any atom is 0.136 e. The molecule has 88 valence electrons. The molecule has 2 aromatic rings. The van der Waals surface area contributed by atoms with Crippen LogP contribution >= 0.6 is 15.9 Å². The summed E-state index contributed by atoms with van der Waals surface area (Å²) in [5.74, 6) is 0.742. The fourth-order valence-electron chi connectivity index (χ4n) is 1.49. The Morgan fingerprint density at radius 1 is 1.29 bits per heavy atom. The number of hydrogen-bond acceptors (Lipinski definition) is 3. The lowest BCUT2D eigenvalue weighted by atomic mass is 10.2. The van der Waals surface area contributed by atoms with Gasteiger partial charge in [0.05, 0.1) is 4.47 Å². The second-order valence-electron chi connectivity index (χ2n) is 3.85. The summed E-state index contributed by atoms with van der Waals surface area (Å²) >= 11 is 3.42. The predicted molar refractivity (Wildman–Crippen MR) is 71.9 cm³/mol. The average molecular weight is 293 g/mol. The first-order valence-electron chi connectivity index (χ1n) is 5.23. The maximum absolute atomic E-state index is 5.71. The van der Waals surface area contributed by atoms with Gasteiger partial charge < -0.3 is 10.5 Å². The molecule has 0 saturated heterocycles. The summed E-state index contributed by atoms with van der Waals surface area (Å²) in [5, 5.41) is 0. The van der Waals surface area contributed by atoms with Gasteiger partial charge in [0.15, 0.2) is 0 Å². The van der Waals surface area contributed by atoms with Crippen molar-refractivity contribution in [3.63, 3.8) is 0 Å². The first-order chi connectivity index (χ1) is 8.15. The van der Waals surface area contributed by atoms with Crippen molar-refractivity contribution in [2.24, 2.45) is 0 Å². The topological polar surface area (TPSA) is 48.1 Å². The zero-order valence-electron chi connectivity index (χ0n) is 9.48. The fourth-order valence-corrected chi connectivity index (χ4v) is 1.85. The van der Waals surface area contributed by atoms with Gasteiger partial charge in [-0.3, -0.25) is 4.98 Å². The van der Waals surface area contributed by atoms with Crippen LogP contribution in [0.25, 0.3) is 0 Å². The summed E-state index contributed by atoms with van der Waals surface area (Å²) in [6.45, 7) is 2.49. The van der Waals surface area contributed by atoms with Crippen molar-refractivity contribution in [2.75, 3.05) is 5.73 Å². The smallest absolute Gasteiger partial charge is 0.136 e. The van der Waals surface area contributed by atoms with Crippen molar-refractivity contribution >= 4 is 21.6 Å². The lowest BCUT2D eigenvalue weighted by Gasteiger charge is -2.09. The standard InChI is InChI=1S/C13H13BrN2O/c1-9-4-10(7-16-6-9)8-17-13-5-11(15)2-3-12(13)14/h2-7H,8,15H2,1H3. The zero-order valence-corrected chi connectivity index (χ0v) is 11.1. The number of hydrogen-bond donors (Lipinski definition) is 1. The third-order valence-corrected chi connectivity index (χ3v) is 2.94. The Morgan fingerprint density at radius 3 is 2.88 bits per heavy atom. The Bertz CT molecular complexity index is 529. The molecule has 1 aromatic heterocycles. The zero-order chi connectivity index (χ0) is 12.3. The molecule has 1 aromatic carbocycles. The van der Waals surface area contributed by atoms with Crippen LogP contribution in [0.5, 0.6) is 5.75 Å². The minimum absolute atomic E-state index is 0.483. The number of nitrogen functional groups attached to an aromatic ring is 1. The number of aryl methyl sites for hydroxylation is 1. The third kappa shape index (κ3) is 3.20. The lowest BCUT2D eigenvalue weighted by Crippen LogP contribution is -1.98. The van der Waals surface area contributed by atoms with Gasteiger partial charge in [0.25, 0.3) is 0 Å². The number of halogens is 1. The molecule has 1 heterocycles. The van der Waals surface area contributed by atoms with E-state index < -0.39 is 0 Å². The van der Waals surface area contributed by atoms with Crippen molar-refractivity contribution in [3.8, 4) is 5.75 Å². The number of pyridine rings is 1. The molecule has 0 spiro atoms. The molecule has 0 atom stereocenters. The Balaban J connectivity index is 2.09. The first-order valence-corrected chi connectivity index (χ1v) is 6.03. The van der Waals surface area contributed by atoms with E-state index in [0.29, 0.717) is 12.3 Å². The van der Waals surface area contributed by atoms with E-state index in [0.717, 1.165) is 21.3 Å².